The van der Waals surface area contributed by atoms with Crippen molar-refractivity contribution in [3.05, 3.63) is 201 Å². The standard InChI is InChI=1S/C30H34N4O.C12H18N2.C8H7BrO.C8H7N.2CH4/c1-3-33(4-2)30(35)26-13-15-27(16-14-26)34(29-12-8-11-25(21-29)22-31)28-17-19-32(20-18-28)23-24-9-6-5-7-10-24;13-12-6-8-14(9-7-12)10-11-4-2-1-3-5-11;1-6(10)7-2-4-8(9)5-3-7;1-7-3-2-4-8(5-7)6-9;;/h5-16,21,28H,3-4,17-20,23H2,1-2H3;1-5,12H,6-10,13H2;2-5H,1H3;2-5H,1H3;2*1H4. The highest BCUT2D eigenvalue weighted by Crippen LogP contribution is 2.33. The maximum absolute atomic E-state index is 12.8. The molecule has 2 aliphatic rings. The fourth-order valence-electron chi connectivity index (χ4n) is 8.28. The van der Waals surface area contributed by atoms with E-state index < -0.39 is 0 Å². The van der Waals surface area contributed by atoms with Crippen molar-refractivity contribution in [1.29, 1.82) is 10.5 Å². The quantitative estimate of drug-likeness (QED) is 0.127. The van der Waals surface area contributed by atoms with Crippen molar-refractivity contribution in [2.24, 2.45) is 5.73 Å². The minimum Gasteiger partial charge on any atom is -0.339 e. The van der Waals surface area contributed by atoms with Gasteiger partial charge < -0.3 is 15.5 Å². The number of ketones is 1. The second-order valence-corrected chi connectivity index (χ2v) is 18.1. The summed E-state index contributed by atoms with van der Waals surface area (Å²) in [5, 5.41) is 17.9. The zero-order valence-electron chi connectivity index (χ0n) is 40.1. The van der Waals surface area contributed by atoms with Crippen LogP contribution < -0.4 is 10.6 Å². The molecular weight excluding hydrogens is 931 g/mol. The van der Waals surface area contributed by atoms with Crippen LogP contribution in [0.2, 0.25) is 0 Å². The molecule has 0 atom stereocenters. The van der Waals surface area contributed by atoms with Crippen LogP contribution in [0.3, 0.4) is 0 Å². The number of Topliss-reactive ketones (excluding diaryl/α,β-unsaturated/α-hetero) is 1. The molecule has 2 saturated heterocycles. The molecule has 70 heavy (non-hydrogen) atoms. The summed E-state index contributed by atoms with van der Waals surface area (Å²) in [7, 11) is 0. The number of carbonyl (C=O) groups is 2. The lowest BCUT2D eigenvalue weighted by Gasteiger charge is -2.40. The Bertz CT molecular complexity index is 2520. The van der Waals surface area contributed by atoms with Crippen molar-refractivity contribution in [1.82, 2.24) is 14.7 Å². The predicted molar refractivity (Wildman–Crippen MR) is 294 cm³/mol. The van der Waals surface area contributed by atoms with Gasteiger partial charge >= 0.3 is 0 Å². The van der Waals surface area contributed by atoms with E-state index in [9.17, 15) is 14.9 Å². The Morgan fingerprint density at radius 3 is 1.54 bits per heavy atom. The number of amides is 1. The summed E-state index contributed by atoms with van der Waals surface area (Å²) >= 11 is 3.28. The van der Waals surface area contributed by atoms with Gasteiger partial charge in [0.2, 0.25) is 0 Å². The van der Waals surface area contributed by atoms with Gasteiger partial charge in [-0.15, -0.1) is 0 Å². The van der Waals surface area contributed by atoms with Gasteiger partial charge in [0.25, 0.3) is 5.91 Å². The number of rotatable bonds is 11. The first-order chi connectivity index (χ1) is 33.0. The molecular formula is C60H74BrN7O2. The molecule has 6 aromatic rings. The second kappa shape index (κ2) is 31.0. The number of aryl methyl sites for hydroxylation is 1. The van der Waals surface area contributed by atoms with Gasteiger partial charge in [0.15, 0.2) is 5.78 Å². The molecule has 8 rings (SSSR count). The molecule has 0 radical (unpaired) electrons. The van der Waals surface area contributed by atoms with Crippen LogP contribution in [0.15, 0.2) is 162 Å². The topological polar surface area (TPSA) is 121 Å². The maximum atomic E-state index is 12.8. The highest BCUT2D eigenvalue weighted by Gasteiger charge is 2.27. The zero-order chi connectivity index (χ0) is 48.7. The van der Waals surface area contributed by atoms with Crippen molar-refractivity contribution in [3.8, 4) is 12.1 Å². The lowest BCUT2D eigenvalue weighted by Crippen LogP contribution is -2.43. The Kier molecular flexibility index (Phi) is 25.6. The monoisotopic (exact) mass is 1000 g/mol. The molecule has 2 fully saturated rings. The first-order valence-electron chi connectivity index (χ1n) is 23.7. The number of likely N-dealkylation sites (tertiary alicyclic amines) is 2. The third-order valence-corrected chi connectivity index (χ3v) is 12.7. The Labute approximate surface area is 428 Å². The maximum Gasteiger partial charge on any atom is 0.253 e. The Balaban J connectivity index is 0.000000300. The summed E-state index contributed by atoms with van der Waals surface area (Å²) in [4.78, 5) is 32.7. The summed E-state index contributed by atoms with van der Waals surface area (Å²) in [6.45, 7) is 15.3. The molecule has 0 aliphatic carbocycles. The number of anilines is 2. The third kappa shape index (κ3) is 18.8. The van der Waals surface area contributed by atoms with Crippen LogP contribution >= 0.6 is 15.9 Å². The molecule has 2 heterocycles. The Morgan fingerprint density at radius 2 is 1.09 bits per heavy atom. The number of carbonyl (C=O) groups excluding carboxylic acids is 2. The van der Waals surface area contributed by atoms with E-state index in [1.807, 2.05) is 98.5 Å². The van der Waals surface area contributed by atoms with E-state index >= 15 is 0 Å². The van der Waals surface area contributed by atoms with Crippen molar-refractivity contribution in [3.63, 3.8) is 0 Å². The van der Waals surface area contributed by atoms with E-state index in [4.69, 9.17) is 11.0 Å². The van der Waals surface area contributed by atoms with Gasteiger partial charge in [0, 0.05) is 78.3 Å². The summed E-state index contributed by atoms with van der Waals surface area (Å²) in [5.74, 6) is 0.168. The van der Waals surface area contributed by atoms with Crippen LogP contribution in [0.4, 0.5) is 11.4 Å². The van der Waals surface area contributed by atoms with E-state index in [-0.39, 0.29) is 26.5 Å². The van der Waals surface area contributed by atoms with Gasteiger partial charge in [0.05, 0.1) is 23.3 Å². The van der Waals surface area contributed by atoms with Crippen molar-refractivity contribution in [2.75, 3.05) is 44.2 Å². The molecule has 0 unspecified atom stereocenters. The summed E-state index contributed by atoms with van der Waals surface area (Å²) in [6.07, 6.45) is 4.35. The number of halogens is 1. The minimum atomic E-state index is 0. The predicted octanol–water partition coefficient (Wildman–Crippen LogP) is 13.2. The SMILES string of the molecule is C.C.CC(=O)c1ccc(Br)cc1.CCN(CC)C(=O)c1ccc(N(c2cccc(C#N)c2)C2CCN(Cc3ccccc3)CC2)cc1.Cc1cccc(C#N)c1.NC1CCN(Cc2ccccc2)CC1. The number of hydrogen-bond donors (Lipinski definition) is 1. The van der Waals surface area contributed by atoms with Gasteiger partial charge in [0.1, 0.15) is 0 Å². The fraction of sp³-hybridized carbons (Fsp3) is 0.333. The molecule has 2 aliphatic heterocycles. The van der Waals surface area contributed by atoms with E-state index in [1.165, 1.54) is 11.1 Å². The van der Waals surface area contributed by atoms with Crippen LogP contribution in [0.5, 0.6) is 0 Å². The number of piperidine rings is 2. The fourth-order valence-corrected chi connectivity index (χ4v) is 8.55. The third-order valence-electron chi connectivity index (χ3n) is 12.1. The Morgan fingerprint density at radius 1 is 0.614 bits per heavy atom. The summed E-state index contributed by atoms with van der Waals surface area (Å²) in [5.41, 5.74) is 14.7. The minimum absolute atomic E-state index is 0. The first-order valence-corrected chi connectivity index (χ1v) is 24.5. The molecule has 0 aromatic heterocycles. The number of benzene rings is 6. The van der Waals surface area contributed by atoms with E-state index in [0.29, 0.717) is 36.3 Å². The average molecular weight is 1010 g/mol. The molecule has 1 amide bonds. The molecule has 0 saturated carbocycles. The smallest absolute Gasteiger partial charge is 0.253 e. The molecule has 2 N–H and O–H groups in total. The second-order valence-electron chi connectivity index (χ2n) is 17.2. The van der Waals surface area contributed by atoms with Gasteiger partial charge in [-0.25, -0.2) is 0 Å². The van der Waals surface area contributed by atoms with Gasteiger partial charge in [-0.3, -0.25) is 19.4 Å². The van der Waals surface area contributed by atoms with E-state index in [1.54, 1.807) is 25.1 Å². The lowest BCUT2D eigenvalue weighted by molar-refractivity contribution is 0.0772. The molecule has 0 spiro atoms. The van der Waals surface area contributed by atoms with Crippen LogP contribution in [0.25, 0.3) is 0 Å². The van der Waals surface area contributed by atoms with Crippen LogP contribution in [-0.2, 0) is 13.1 Å². The van der Waals surface area contributed by atoms with Crippen LogP contribution in [-0.4, -0.2) is 77.7 Å². The molecule has 6 aromatic carbocycles. The largest absolute Gasteiger partial charge is 0.339 e. The first kappa shape index (κ1) is 57.9. The number of nitriles is 2. The van der Waals surface area contributed by atoms with Gasteiger partial charge in [-0.05, 0) is 150 Å². The van der Waals surface area contributed by atoms with Crippen molar-refractivity contribution >= 4 is 39.0 Å². The lowest BCUT2D eigenvalue weighted by atomic mass is 9.99. The summed E-state index contributed by atoms with van der Waals surface area (Å²) in [6, 6.07) is 57.0. The van der Waals surface area contributed by atoms with Gasteiger partial charge in [-0.2, -0.15) is 10.5 Å². The van der Waals surface area contributed by atoms with Gasteiger partial charge in [-0.1, -0.05) is 122 Å². The average Bonchev–Trinajstić information content (AvgIpc) is 3.37. The number of nitrogens with zero attached hydrogens (tertiary/aromatic N) is 6. The van der Waals surface area contributed by atoms with Crippen LogP contribution in [0.1, 0.15) is 110 Å². The normalized spacial score (nSPS) is 13.5. The van der Waals surface area contributed by atoms with Crippen molar-refractivity contribution in [2.45, 2.75) is 93.4 Å². The summed E-state index contributed by atoms with van der Waals surface area (Å²) < 4.78 is 0.998. The molecule has 9 nitrogen and oxygen atoms in total. The Hall–Kier alpha value is -6.40. The molecule has 10 heteroatoms. The van der Waals surface area contributed by atoms with Crippen LogP contribution in [0, 0.1) is 29.6 Å². The highest BCUT2D eigenvalue weighted by molar-refractivity contribution is 9.10. The number of hydrogen-bond acceptors (Lipinski definition) is 8. The molecule has 0 bridgehead atoms. The van der Waals surface area contributed by atoms with E-state index in [2.05, 4.69) is 109 Å². The highest BCUT2D eigenvalue weighted by atomic mass is 79.9. The van der Waals surface area contributed by atoms with Crippen molar-refractivity contribution < 1.29 is 9.59 Å². The van der Waals surface area contributed by atoms with E-state index in [0.717, 1.165) is 97.5 Å². The zero-order valence-corrected chi connectivity index (χ0v) is 41.7. The number of nitrogens with two attached hydrogens (primary N) is 1. The molecule has 368 valence electrons.